The smallest absolute Gasteiger partial charge is 0.0418 e. The normalized spacial score (nSPS) is 24.1. The molecule has 2 heteroatoms. The summed E-state index contributed by atoms with van der Waals surface area (Å²) in [6.45, 7) is 8.86. The molecule has 0 aliphatic carbocycles. The number of nitrogens with zero attached hydrogens (tertiary/aromatic N) is 2. The van der Waals surface area contributed by atoms with Gasteiger partial charge >= 0.3 is 0 Å². The van der Waals surface area contributed by atoms with Crippen LogP contribution < -0.4 is 0 Å². The summed E-state index contributed by atoms with van der Waals surface area (Å²) in [5.74, 6) is 0. The standard InChI is InChI=1S/C12H22N2/c1-9-7-8-11(14(9)6)12(3,4)10(2)13-5/h8-9H,7H2,1-6H3. The Morgan fingerprint density at radius 1 is 1.57 bits per heavy atom. The minimum atomic E-state index is 0.0776. The summed E-state index contributed by atoms with van der Waals surface area (Å²) in [4.78, 5) is 6.68. The van der Waals surface area contributed by atoms with Gasteiger partial charge in [-0.05, 0) is 34.1 Å². The van der Waals surface area contributed by atoms with Crippen LogP contribution >= 0.6 is 0 Å². The lowest BCUT2D eigenvalue weighted by Crippen LogP contribution is -2.34. The molecule has 1 rings (SSSR count). The van der Waals surface area contributed by atoms with Gasteiger partial charge in [0.15, 0.2) is 0 Å². The van der Waals surface area contributed by atoms with E-state index in [9.17, 15) is 0 Å². The Morgan fingerprint density at radius 3 is 2.50 bits per heavy atom. The van der Waals surface area contributed by atoms with Crippen molar-refractivity contribution in [2.75, 3.05) is 14.1 Å². The Morgan fingerprint density at radius 2 is 2.14 bits per heavy atom. The first-order chi connectivity index (χ1) is 6.41. The lowest BCUT2D eigenvalue weighted by atomic mass is 9.84. The number of aliphatic imine (C=N–C) groups is 1. The average molecular weight is 194 g/mol. The largest absolute Gasteiger partial charge is 0.374 e. The van der Waals surface area contributed by atoms with Gasteiger partial charge in [0.2, 0.25) is 0 Å². The molecule has 0 aromatic rings. The van der Waals surface area contributed by atoms with E-state index in [0.717, 1.165) is 6.42 Å². The summed E-state index contributed by atoms with van der Waals surface area (Å²) in [7, 11) is 4.05. The molecule has 1 atom stereocenters. The van der Waals surface area contributed by atoms with E-state index in [2.05, 4.69) is 50.7 Å². The van der Waals surface area contributed by atoms with Gasteiger partial charge in [0.25, 0.3) is 0 Å². The van der Waals surface area contributed by atoms with Gasteiger partial charge in [-0.25, -0.2) is 0 Å². The van der Waals surface area contributed by atoms with Gasteiger partial charge in [-0.15, -0.1) is 0 Å². The van der Waals surface area contributed by atoms with E-state index in [0.29, 0.717) is 6.04 Å². The van der Waals surface area contributed by atoms with Crippen molar-refractivity contribution in [3.05, 3.63) is 11.8 Å². The summed E-state index contributed by atoms with van der Waals surface area (Å²) in [6, 6.07) is 0.633. The molecule has 0 fully saturated rings. The third-order valence-electron chi connectivity index (χ3n) is 3.57. The molecule has 0 radical (unpaired) electrons. The first kappa shape index (κ1) is 11.3. The maximum Gasteiger partial charge on any atom is 0.0418 e. The highest BCUT2D eigenvalue weighted by Crippen LogP contribution is 2.35. The Bertz CT molecular complexity index is 274. The number of hydrogen-bond acceptors (Lipinski definition) is 2. The fourth-order valence-electron chi connectivity index (χ4n) is 1.98. The molecule has 0 saturated heterocycles. The molecule has 0 aromatic carbocycles. The molecular weight excluding hydrogens is 172 g/mol. The molecule has 1 aliphatic rings. The van der Waals surface area contributed by atoms with Crippen molar-refractivity contribution in [2.45, 2.75) is 40.2 Å². The second kappa shape index (κ2) is 3.76. The summed E-state index contributed by atoms with van der Waals surface area (Å²) in [5, 5.41) is 0. The predicted molar refractivity (Wildman–Crippen MR) is 62.7 cm³/mol. The van der Waals surface area contributed by atoms with Gasteiger partial charge in [-0.3, -0.25) is 4.99 Å². The summed E-state index contributed by atoms with van der Waals surface area (Å²) in [5.41, 5.74) is 2.69. The molecule has 1 heterocycles. The average Bonchev–Trinajstić information content (AvgIpc) is 2.46. The number of allylic oxidation sites excluding steroid dienone is 1. The second-order valence-corrected chi connectivity index (χ2v) is 4.72. The maximum atomic E-state index is 4.31. The van der Waals surface area contributed by atoms with Crippen LogP contribution in [0.15, 0.2) is 16.8 Å². The zero-order valence-electron chi connectivity index (χ0n) is 10.3. The van der Waals surface area contributed by atoms with Crippen LogP contribution in [-0.2, 0) is 0 Å². The van der Waals surface area contributed by atoms with E-state index in [-0.39, 0.29) is 5.41 Å². The quantitative estimate of drug-likeness (QED) is 0.617. The lowest BCUT2D eigenvalue weighted by Gasteiger charge is -2.34. The van der Waals surface area contributed by atoms with Crippen molar-refractivity contribution < 1.29 is 0 Å². The van der Waals surface area contributed by atoms with Crippen LogP contribution in [0, 0.1) is 5.41 Å². The molecule has 0 amide bonds. The molecule has 0 aromatic heterocycles. The highest BCUT2D eigenvalue weighted by Gasteiger charge is 2.33. The topological polar surface area (TPSA) is 15.6 Å². The van der Waals surface area contributed by atoms with E-state index in [4.69, 9.17) is 0 Å². The fourth-order valence-corrected chi connectivity index (χ4v) is 1.98. The van der Waals surface area contributed by atoms with Gasteiger partial charge in [0, 0.05) is 37.0 Å². The molecule has 0 N–H and O–H groups in total. The van der Waals surface area contributed by atoms with Gasteiger partial charge in [0.05, 0.1) is 0 Å². The molecule has 0 bridgehead atoms. The molecule has 1 unspecified atom stereocenters. The van der Waals surface area contributed by atoms with Crippen LogP contribution in [-0.4, -0.2) is 30.7 Å². The van der Waals surface area contributed by atoms with Gasteiger partial charge < -0.3 is 4.90 Å². The third-order valence-corrected chi connectivity index (χ3v) is 3.57. The van der Waals surface area contributed by atoms with E-state index >= 15 is 0 Å². The van der Waals surface area contributed by atoms with Crippen molar-refractivity contribution in [2.24, 2.45) is 10.4 Å². The van der Waals surface area contributed by atoms with Crippen molar-refractivity contribution in [3.8, 4) is 0 Å². The Hall–Kier alpha value is -0.790. The van der Waals surface area contributed by atoms with Crippen LogP contribution in [0.1, 0.15) is 34.1 Å². The van der Waals surface area contributed by atoms with Crippen LogP contribution in [0.2, 0.25) is 0 Å². The van der Waals surface area contributed by atoms with E-state index in [1.165, 1.54) is 11.4 Å². The summed E-state index contributed by atoms with van der Waals surface area (Å²) in [6.07, 6.45) is 3.51. The first-order valence-electron chi connectivity index (χ1n) is 5.28. The van der Waals surface area contributed by atoms with Gasteiger partial charge in [0.1, 0.15) is 0 Å². The minimum Gasteiger partial charge on any atom is -0.374 e. The minimum absolute atomic E-state index is 0.0776. The highest BCUT2D eigenvalue weighted by atomic mass is 15.2. The molecule has 0 saturated carbocycles. The molecule has 0 spiro atoms. The predicted octanol–water partition coefficient (Wildman–Crippen LogP) is 2.71. The third kappa shape index (κ3) is 1.70. The maximum absolute atomic E-state index is 4.31. The Balaban J connectivity index is 2.95. The van der Waals surface area contributed by atoms with E-state index in [1.807, 2.05) is 7.05 Å². The van der Waals surface area contributed by atoms with Crippen LogP contribution in [0.25, 0.3) is 0 Å². The van der Waals surface area contributed by atoms with Gasteiger partial charge in [-0.2, -0.15) is 0 Å². The van der Waals surface area contributed by atoms with Crippen molar-refractivity contribution in [3.63, 3.8) is 0 Å². The van der Waals surface area contributed by atoms with Gasteiger partial charge in [-0.1, -0.05) is 6.08 Å². The van der Waals surface area contributed by atoms with Crippen LogP contribution in [0.5, 0.6) is 0 Å². The van der Waals surface area contributed by atoms with Crippen molar-refractivity contribution >= 4 is 5.71 Å². The fraction of sp³-hybridized carbons (Fsp3) is 0.750. The highest BCUT2D eigenvalue weighted by molar-refractivity contribution is 5.90. The summed E-state index contributed by atoms with van der Waals surface area (Å²) < 4.78 is 0. The monoisotopic (exact) mass is 194 g/mol. The second-order valence-electron chi connectivity index (χ2n) is 4.72. The van der Waals surface area contributed by atoms with Crippen molar-refractivity contribution in [1.29, 1.82) is 0 Å². The Kier molecular flexibility index (Phi) is 3.03. The molecule has 80 valence electrons. The zero-order valence-corrected chi connectivity index (χ0v) is 10.3. The SMILES string of the molecule is CN=C(C)C(C)(C)C1=CCC(C)N1C. The zero-order chi connectivity index (χ0) is 10.9. The van der Waals surface area contributed by atoms with Crippen LogP contribution in [0.3, 0.4) is 0 Å². The first-order valence-corrected chi connectivity index (χ1v) is 5.28. The molecular formula is C12H22N2. The lowest BCUT2D eigenvalue weighted by molar-refractivity contribution is 0.308. The molecule has 14 heavy (non-hydrogen) atoms. The van der Waals surface area contributed by atoms with Crippen LogP contribution in [0.4, 0.5) is 0 Å². The number of hydrogen-bond donors (Lipinski definition) is 0. The van der Waals surface area contributed by atoms with E-state index in [1.54, 1.807) is 0 Å². The molecule has 1 aliphatic heterocycles. The molecule has 2 nitrogen and oxygen atoms in total. The van der Waals surface area contributed by atoms with Crippen molar-refractivity contribution in [1.82, 2.24) is 4.90 Å². The summed E-state index contributed by atoms with van der Waals surface area (Å²) >= 11 is 0. The number of rotatable bonds is 2. The Labute approximate surface area is 87.7 Å². The van der Waals surface area contributed by atoms with E-state index < -0.39 is 0 Å².